The summed E-state index contributed by atoms with van der Waals surface area (Å²) in [6.07, 6.45) is 4.46. The first-order chi connectivity index (χ1) is 12.2. The highest BCUT2D eigenvalue weighted by atomic mass is 16.1. The fourth-order valence-corrected chi connectivity index (χ4v) is 2.33. The van der Waals surface area contributed by atoms with Crippen molar-refractivity contribution in [3.8, 4) is 11.4 Å². The number of rotatable bonds is 3. The van der Waals surface area contributed by atoms with Crippen molar-refractivity contribution in [3.05, 3.63) is 59.9 Å². The highest BCUT2D eigenvalue weighted by Gasteiger charge is 2.05. The Hall–Kier alpha value is -3.55. The van der Waals surface area contributed by atoms with Crippen molar-refractivity contribution in [1.82, 2.24) is 30.2 Å². The molecule has 0 fully saturated rings. The summed E-state index contributed by atoms with van der Waals surface area (Å²) in [5.74, 6) is 0.504. The zero-order valence-corrected chi connectivity index (χ0v) is 13.8. The number of hydrogen-bond acceptors (Lipinski definition) is 5. The molecule has 0 saturated carbocycles. The van der Waals surface area contributed by atoms with Gasteiger partial charge in [0.15, 0.2) is 0 Å². The number of carbonyl (C=O) groups excluding carboxylic acids is 1. The van der Waals surface area contributed by atoms with Crippen molar-refractivity contribution in [3.63, 3.8) is 0 Å². The van der Waals surface area contributed by atoms with E-state index in [0.717, 1.165) is 16.8 Å². The molecule has 1 amide bonds. The van der Waals surface area contributed by atoms with Gasteiger partial charge in [0.1, 0.15) is 0 Å². The lowest BCUT2D eigenvalue weighted by molar-refractivity contribution is -0.105. The normalized spacial score (nSPS) is 10.2. The molecule has 2 N–H and O–H groups in total. The van der Waals surface area contributed by atoms with Gasteiger partial charge in [0.25, 0.3) is 0 Å². The van der Waals surface area contributed by atoms with E-state index < -0.39 is 0 Å². The molecule has 126 valence electrons. The maximum atomic E-state index is 10.4. The molecule has 0 radical (unpaired) electrons. The Morgan fingerprint density at radius 3 is 2.76 bits per heavy atom. The summed E-state index contributed by atoms with van der Waals surface area (Å²) in [5.41, 5.74) is 4.93. The predicted molar refractivity (Wildman–Crippen MR) is 94.0 cm³/mol. The second kappa shape index (κ2) is 7.35. The molecule has 0 unspecified atom stereocenters. The average Bonchev–Trinajstić information content (AvgIpc) is 3.29. The van der Waals surface area contributed by atoms with E-state index in [1.807, 2.05) is 48.1 Å². The number of carbonyl (C=O) groups is 1. The monoisotopic (exact) mass is 335 g/mol. The molecule has 0 saturated heterocycles. The lowest BCUT2D eigenvalue weighted by atomic mass is 10.1. The van der Waals surface area contributed by atoms with Crippen molar-refractivity contribution in [2.45, 2.75) is 13.8 Å². The molecule has 3 aromatic heterocycles. The molecule has 0 bridgehead atoms. The van der Waals surface area contributed by atoms with Crippen LogP contribution in [0.5, 0.6) is 0 Å². The third-order valence-electron chi connectivity index (χ3n) is 3.67. The van der Waals surface area contributed by atoms with Crippen LogP contribution < -0.4 is 5.32 Å². The van der Waals surface area contributed by atoms with Crippen molar-refractivity contribution < 1.29 is 4.79 Å². The van der Waals surface area contributed by atoms with E-state index in [4.69, 9.17) is 0 Å². The summed E-state index contributed by atoms with van der Waals surface area (Å²) >= 11 is 0. The Bertz CT molecular complexity index is 976. The van der Waals surface area contributed by atoms with E-state index in [2.05, 4.69) is 44.0 Å². The lowest BCUT2D eigenvalue weighted by Gasteiger charge is -2.04. The molecule has 1 aromatic carbocycles. The van der Waals surface area contributed by atoms with Gasteiger partial charge in [0.05, 0.1) is 11.7 Å². The molecule has 25 heavy (non-hydrogen) atoms. The van der Waals surface area contributed by atoms with Gasteiger partial charge in [0.2, 0.25) is 12.2 Å². The number of pyridine rings is 1. The number of aromatic nitrogens is 6. The lowest BCUT2D eigenvalue weighted by Crippen LogP contribution is -1.96. The van der Waals surface area contributed by atoms with Crippen molar-refractivity contribution in [1.29, 1.82) is 0 Å². The first-order valence-corrected chi connectivity index (χ1v) is 7.62. The number of H-pyrrole nitrogens is 1. The fourth-order valence-electron chi connectivity index (χ4n) is 2.33. The minimum atomic E-state index is 0.504. The van der Waals surface area contributed by atoms with Gasteiger partial charge in [-0.25, -0.2) is 4.52 Å². The minimum absolute atomic E-state index is 0.504. The van der Waals surface area contributed by atoms with Gasteiger partial charge in [-0.2, -0.15) is 10.3 Å². The molecule has 4 aromatic rings. The van der Waals surface area contributed by atoms with Gasteiger partial charge in [-0.15, -0.1) is 10.2 Å². The van der Waals surface area contributed by atoms with Crippen LogP contribution in [0.1, 0.15) is 11.1 Å². The largest absolute Gasteiger partial charge is 0.328 e. The molecule has 4 rings (SSSR count). The molecule has 0 aliphatic carbocycles. The SMILES string of the molecule is Cc1ccc(-c2nn[nH]n2)cc1NC=O.Cc1cnn2ccccc12. The average molecular weight is 335 g/mol. The first-order valence-electron chi connectivity index (χ1n) is 7.62. The number of nitrogens with zero attached hydrogens (tertiary/aromatic N) is 5. The molecule has 0 aliphatic heterocycles. The topological polar surface area (TPSA) is 101 Å². The van der Waals surface area contributed by atoms with E-state index >= 15 is 0 Å². The third-order valence-corrected chi connectivity index (χ3v) is 3.67. The van der Waals surface area contributed by atoms with Gasteiger partial charge >= 0.3 is 0 Å². The predicted octanol–water partition coefficient (Wildman–Crippen LogP) is 2.39. The van der Waals surface area contributed by atoms with Gasteiger partial charge < -0.3 is 5.32 Å². The van der Waals surface area contributed by atoms with Gasteiger partial charge in [-0.1, -0.05) is 18.2 Å². The third kappa shape index (κ3) is 3.69. The van der Waals surface area contributed by atoms with Crippen molar-refractivity contribution in [2.75, 3.05) is 5.32 Å². The van der Waals surface area contributed by atoms with E-state index in [-0.39, 0.29) is 0 Å². The maximum absolute atomic E-state index is 10.4. The highest BCUT2D eigenvalue weighted by Crippen LogP contribution is 2.21. The van der Waals surface area contributed by atoms with Gasteiger partial charge in [0, 0.05) is 17.4 Å². The number of benzene rings is 1. The number of tetrazole rings is 1. The van der Waals surface area contributed by atoms with Gasteiger partial charge in [-0.3, -0.25) is 4.79 Å². The zero-order chi connectivity index (χ0) is 17.6. The van der Waals surface area contributed by atoms with E-state index in [0.29, 0.717) is 12.2 Å². The Morgan fingerprint density at radius 1 is 1.16 bits per heavy atom. The Balaban J connectivity index is 0.000000157. The molecule has 0 spiro atoms. The van der Waals surface area contributed by atoms with Crippen LogP contribution in [-0.2, 0) is 4.79 Å². The van der Waals surface area contributed by atoms with Crippen LogP contribution in [0.4, 0.5) is 5.69 Å². The summed E-state index contributed by atoms with van der Waals surface area (Å²) in [7, 11) is 0. The van der Waals surface area contributed by atoms with E-state index in [1.165, 1.54) is 11.1 Å². The van der Waals surface area contributed by atoms with Crippen LogP contribution in [0.25, 0.3) is 16.9 Å². The van der Waals surface area contributed by atoms with Crippen LogP contribution in [-0.4, -0.2) is 36.6 Å². The number of nitrogens with one attached hydrogen (secondary N) is 2. The molecule has 8 heteroatoms. The van der Waals surface area contributed by atoms with Crippen molar-refractivity contribution >= 4 is 17.6 Å². The number of fused-ring (bicyclic) bond motifs is 1. The Morgan fingerprint density at radius 2 is 2.04 bits per heavy atom. The number of aryl methyl sites for hydroxylation is 2. The Labute approximate surface area is 143 Å². The summed E-state index contributed by atoms with van der Waals surface area (Å²) in [6, 6.07) is 11.6. The number of hydrogen-bond donors (Lipinski definition) is 2. The summed E-state index contributed by atoms with van der Waals surface area (Å²) in [4.78, 5) is 10.4. The number of amides is 1. The molecule has 0 aliphatic rings. The van der Waals surface area contributed by atoms with E-state index in [1.54, 1.807) is 6.07 Å². The number of aromatic amines is 1. The molecular formula is C17H17N7O. The maximum Gasteiger partial charge on any atom is 0.211 e. The minimum Gasteiger partial charge on any atom is -0.328 e. The second-order valence-corrected chi connectivity index (χ2v) is 5.39. The van der Waals surface area contributed by atoms with E-state index in [9.17, 15) is 4.79 Å². The molecule has 8 nitrogen and oxygen atoms in total. The standard InChI is InChI=1S/C9H9N5O.C8H8N2/c1-6-2-3-7(4-8(6)10-5-15)9-11-13-14-12-9;1-7-6-9-10-5-3-2-4-8(7)10/h2-5H,1H3,(H,10,15)(H,11,12,13,14);2-6H,1H3. The van der Waals surface area contributed by atoms with Gasteiger partial charge in [-0.05, 0) is 48.4 Å². The molecule has 3 heterocycles. The second-order valence-electron chi connectivity index (χ2n) is 5.39. The van der Waals surface area contributed by atoms with Crippen LogP contribution in [0.3, 0.4) is 0 Å². The molecular weight excluding hydrogens is 318 g/mol. The van der Waals surface area contributed by atoms with Crippen LogP contribution >= 0.6 is 0 Å². The quantitative estimate of drug-likeness (QED) is 0.560. The smallest absolute Gasteiger partial charge is 0.211 e. The van der Waals surface area contributed by atoms with Crippen LogP contribution in [0, 0.1) is 13.8 Å². The summed E-state index contributed by atoms with van der Waals surface area (Å²) in [6.45, 7) is 3.97. The summed E-state index contributed by atoms with van der Waals surface area (Å²) in [5, 5.41) is 20.3. The number of anilines is 1. The Kier molecular flexibility index (Phi) is 4.79. The molecule has 0 atom stereocenters. The van der Waals surface area contributed by atoms with Crippen molar-refractivity contribution in [2.24, 2.45) is 0 Å². The zero-order valence-electron chi connectivity index (χ0n) is 13.8. The summed E-state index contributed by atoms with van der Waals surface area (Å²) < 4.78 is 1.87. The fraction of sp³-hybridized carbons (Fsp3) is 0.118. The first kappa shape index (κ1) is 16.3. The highest BCUT2D eigenvalue weighted by molar-refractivity contribution is 5.76. The van der Waals surface area contributed by atoms with Crippen LogP contribution in [0.15, 0.2) is 48.8 Å². The van der Waals surface area contributed by atoms with Crippen LogP contribution in [0.2, 0.25) is 0 Å².